The van der Waals surface area contributed by atoms with Gasteiger partial charge in [-0.25, -0.2) is 13.8 Å². The Morgan fingerprint density at radius 2 is 1.71 bits per heavy atom. The first-order valence-corrected chi connectivity index (χ1v) is 15.4. The molecule has 2 fully saturated rings. The van der Waals surface area contributed by atoms with E-state index in [0.29, 0.717) is 34.1 Å². The minimum absolute atomic E-state index is 0.0656. The molecule has 42 heavy (non-hydrogen) atoms. The molecule has 3 heterocycles. The van der Waals surface area contributed by atoms with Gasteiger partial charge in [-0.1, -0.05) is 54.7 Å². The third kappa shape index (κ3) is 7.59. The summed E-state index contributed by atoms with van der Waals surface area (Å²) in [5.41, 5.74) is 2.08. The van der Waals surface area contributed by atoms with Crippen molar-refractivity contribution in [3.63, 3.8) is 0 Å². The number of hydrogen-bond donors (Lipinski definition) is 1. The molecule has 0 unspecified atom stereocenters. The van der Waals surface area contributed by atoms with Crippen LogP contribution < -0.4 is 10.2 Å². The van der Waals surface area contributed by atoms with Gasteiger partial charge in [0.15, 0.2) is 11.6 Å². The maximum absolute atomic E-state index is 13.5. The second kappa shape index (κ2) is 14.1. The number of likely N-dealkylation sites (tertiary alicyclic amines) is 1. The van der Waals surface area contributed by atoms with Crippen LogP contribution in [0.5, 0.6) is 0 Å². The van der Waals surface area contributed by atoms with Crippen LogP contribution in [0.15, 0.2) is 54.7 Å². The summed E-state index contributed by atoms with van der Waals surface area (Å²) in [5, 5.41) is 3.91. The standard InChI is InChI=1S/C32H37Cl2F2N5O/c1-2-3-27-21-40(14-15-41(27)26-10-12-39(13-11-26)20-22-4-7-25(33)8-5-22)31-28(34)17-24(19-37-31)32(42)38-18-23-6-9-29(35)30(36)16-23/h4-9,16-17,19,26-27H,2-3,10-15,18,20-21H2,1H3,(H,38,42)/t27-/m0/s1. The van der Waals surface area contributed by atoms with Crippen molar-refractivity contribution in [2.75, 3.05) is 37.6 Å². The molecular weight excluding hydrogens is 579 g/mol. The van der Waals surface area contributed by atoms with Gasteiger partial charge in [-0.3, -0.25) is 14.6 Å². The summed E-state index contributed by atoms with van der Waals surface area (Å²) in [6.45, 7) is 8.02. The first-order chi connectivity index (χ1) is 20.3. The van der Waals surface area contributed by atoms with Crippen LogP contribution in [0.25, 0.3) is 0 Å². The van der Waals surface area contributed by atoms with E-state index in [1.165, 1.54) is 17.8 Å². The lowest BCUT2D eigenvalue weighted by molar-refractivity contribution is 0.0589. The van der Waals surface area contributed by atoms with Gasteiger partial charge in [0.05, 0.1) is 10.6 Å². The molecule has 0 spiro atoms. The predicted molar refractivity (Wildman–Crippen MR) is 164 cm³/mol. The van der Waals surface area contributed by atoms with Gasteiger partial charge >= 0.3 is 0 Å². The Morgan fingerprint density at radius 1 is 0.976 bits per heavy atom. The van der Waals surface area contributed by atoms with Gasteiger partial charge in [0.2, 0.25) is 0 Å². The topological polar surface area (TPSA) is 51.7 Å². The number of pyridine rings is 1. The number of piperidine rings is 1. The van der Waals surface area contributed by atoms with E-state index in [2.05, 4.69) is 44.1 Å². The average Bonchev–Trinajstić information content (AvgIpc) is 2.99. The summed E-state index contributed by atoms with van der Waals surface area (Å²) in [5.74, 6) is -1.56. The first kappa shape index (κ1) is 30.7. The van der Waals surface area contributed by atoms with Crippen molar-refractivity contribution in [1.82, 2.24) is 20.1 Å². The first-order valence-electron chi connectivity index (χ1n) is 14.7. The van der Waals surface area contributed by atoms with Crippen LogP contribution in [0.1, 0.15) is 54.1 Å². The van der Waals surface area contributed by atoms with Gasteiger partial charge in [0.25, 0.3) is 5.91 Å². The van der Waals surface area contributed by atoms with Gasteiger partial charge in [-0.2, -0.15) is 0 Å². The van der Waals surface area contributed by atoms with Crippen molar-refractivity contribution in [3.05, 3.63) is 93.1 Å². The maximum atomic E-state index is 13.5. The van der Waals surface area contributed by atoms with E-state index in [1.807, 2.05) is 12.1 Å². The number of rotatable bonds is 9. The molecule has 0 bridgehead atoms. The molecule has 2 aliphatic heterocycles. The molecule has 1 N–H and O–H groups in total. The Hall–Kier alpha value is -2.78. The molecule has 5 rings (SSSR count). The fourth-order valence-corrected chi connectivity index (χ4v) is 6.52. The Labute approximate surface area is 256 Å². The maximum Gasteiger partial charge on any atom is 0.253 e. The van der Waals surface area contributed by atoms with Gasteiger partial charge in [-0.05, 0) is 73.8 Å². The fraction of sp³-hybridized carbons (Fsp3) is 0.438. The Morgan fingerprint density at radius 3 is 2.40 bits per heavy atom. The molecule has 0 radical (unpaired) electrons. The largest absolute Gasteiger partial charge is 0.353 e. The summed E-state index contributed by atoms with van der Waals surface area (Å²) < 4.78 is 26.7. The van der Waals surface area contributed by atoms with Crippen LogP contribution in [0.2, 0.25) is 10.0 Å². The number of hydrogen-bond acceptors (Lipinski definition) is 5. The Bertz CT molecular complexity index is 1370. The van der Waals surface area contributed by atoms with E-state index in [1.54, 1.807) is 6.07 Å². The number of piperazine rings is 1. The quantitative estimate of drug-likeness (QED) is 0.296. The number of halogens is 4. The molecular formula is C32H37Cl2F2N5O. The zero-order valence-corrected chi connectivity index (χ0v) is 25.3. The highest BCUT2D eigenvalue weighted by Gasteiger charge is 2.34. The van der Waals surface area contributed by atoms with Gasteiger partial charge in [-0.15, -0.1) is 0 Å². The van der Waals surface area contributed by atoms with Crippen LogP contribution in [0, 0.1) is 11.6 Å². The smallest absolute Gasteiger partial charge is 0.253 e. The minimum atomic E-state index is -0.947. The minimum Gasteiger partial charge on any atom is -0.353 e. The highest BCUT2D eigenvalue weighted by molar-refractivity contribution is 6.33. The lowest BCUT2D eigenvalue weighted by Crippen LogP contribution is -2.58. The zero-order valence-electron chi connectivity index (χ0n) is 23.8. The second-order valence-electron chi connectivity index (χ2n) is 11.2. The van der Waals surface area contributed by atoms with Crippen LogP contribution >= 0.6 is 23.2 Å². The Kier molecular flexibility index (Phi) is 10.3. The number of anilines is 1. The van der Waals surface area contributed by atoms with E-state index >= 15 is 0 Å². The fourth-order valence-electron chi connectivity index (χ4n) is 6.11. The Balaban J connectivity index is 1.16. The number of nitrogens with zero attached hydrogens (tertiary/aromatic N) is 4. The number of carbonyl (C=O) groups is 1. The summed E-state index contributed by atoms with van der Waals surface area (Å²) in [4.78, 5) is 24.7. The lowest BCUT2D eigenvalue weighted by atomic mass is 9.97. The summed E-state index contributed by atoms with van der Waals surface area (Å²) in [6, 6.07) is 14.3. The monoisotopic (exact) mass is 615 g/mol. The van der Waals surface area contributed by atoms with Crippen LogP contribution in [0.3, 0.4) is 0 Å². The van der Waals surface area contributed by atoms with Gasteiger partial charge in [0, 0.05) is 56.0 Å². The zero-order chi connectivity index (χ0) is 29.6. The highest BCUT2D eigenvalue weighted by atomic mass is 35.5. The van der Waals surface area contributed by atoms with Crippen LogP contribution in [0.4, 0.5) is 14.6 Å². The van der Waals surface area contributed by atoms with Gasteiger partial charge in [0.1, 0.15) is 5.82 Å². The van der Waals surface area contributed by atoms with E-state index in [4.69, 9.17) is 23.2 Å². The second-order valence-corrected chi connectivity index (χ2v) is 12.1. The number of benzene rings is 2. The normalized spacial score (nSPS) is 18.8. The molecule has 10 heteroatoms. The van der Waals surface area contributed by atoms with E-state index in [0.717, 1.165) is 82.1 Å². The van der Waals surface area contributed by atoms with E-state index < -0.39 is 11.6 Å². The molecule has 0 saturated carbocycles. The van der Waals surface area contributed by atoms with Gasteiger partial charge < -0.3 is 10.2 Å². The average molecular weight is 617 g/mol. The van der Waals surface area contributed by atoms with Crippen molar-refractivity contribution in [2.24, 2.45) is 0 Å². The number of carbonyl (C=O) groups excluding carboxylic acids is 1. The molecule has 1 amide bonds. The molecule has 2 saturated heterocycles. The summed E-state index contributed by atoms with van der Waals surface area (Å²) >= 11 is 12.7. The molecule has 1 aromatic heterocycles. The summed E-state index contributed by atoms with van der Waals surface area (Å²) in [7, 11) is 0. The highest BCUT2D eigenvalue weighted by Crippen LogP contribution is 2.30. The molecule has 2 aromatic carbocycles. The molecule has 2 aliphatic rings. The van der Waals surface area contributed by atoms with Crippen molar-refractivity contribution < 1.29 is 13.6 Å². The van der Waals surface area contributed by atoms with Crippen molar-refractivity contribution >= 4 is 34.9 Å². The van der Waals surface area contributed by atoms with E-state index in [9.17, 15) is 13.6 Å². The third-order valence-corrected chi connectivity index (χ3v) is 8.85. The third-order valence-electron chi connectivity index (χ3n) is 8.32. The lowest BCUT2D eigenvalue weighted by Gasteiger charge is -2.48. The van der Waals surface area contributed by atoms with Crippen LogP contribution in [-0.4, -0.2) is 65.5 Å². The SMILES string of the molecule is CCC[C@H]1CN(c2ncc(C(=O)NCc3ccc(F)c(F)c3)cc2Cl)CCN1C1CCN(Cc2ccc(Cl)cc2)CC1. The summed E-state index contributed by atoms with van der Waals surface area (Å²) in [6.07, 6.45) is 6.04. The van der Waals surface area contributed by atoms with Crippen molar-refractivity contribution in [2.45, 2.75) is 57.8 Å². The molecule has 224 valence electrons. The number of amides is 1. The van der Waals surface area contributed by atoms with Crippen molar-refractivity contribution in [3.8, 4) is 0 Å². The predicted octanol–water partition coefficient (Wildman–Crippen LogP) is 6.55. The number of aromatic nitrogens is 1. The molecule has 0 aliphatic carbocycles. The van der Waals surface area contributed by atoms with Crippen LogP contribution in [-0.2, 0) is 13.1 Å². The molecule has 1 atom stereocenters. The molecule has 3 aromatic rings. The van der Waals surface area contributed by atoms with Crippen molar-refractivity contribution in [1.29, 1.82) is 0 Å². The molecule has 6 nitrogen and oxygen atoms in total. The number of nitrogens with one attached hydrogen (secondary N) is 1. The van der Waals surface area contributed by atoms with E-state index in [-0.39, 0.29) is 12.5 Å².